The van der Waals surface area contributed by atoms with Crippen molar-refractivity contribution in [2.24, 2.45) is 11.8 Å². The Labute approximate surface area is 137 Å². The van der Waals surface area contributed by atoms with Crippen molar-refractivity contribution in [1.29, 1.82) is 0 Å². The van der Waals surface area contributed by atoms with Gasteiger partial charge < -0.3 is 14.6 Å². The molecule has 0 aromatic heterocycles. The lowest BCUT2D eigenvalue weighted by Gasteiger charge is -2.28. The predicted molar refractivity (Wildman–Crippen MR) is 85.9 cm³/mol. The van der Waals surface area contributed by atoms with Gasteiger partial charge in [-0.05, 0) is 25.0 Å². The second-order valence-corrected chi connectivity index (χ2v) is 7.71. The average molecular weight is 344 g/mol. The number of sulfone groups is 1. The van der Waals surface area contributed by atoms with Gasteiger partial charge in [0.1, 0.15) is 0 Å². The fraction of sp³-hybridized carbons (Fsp3) is 0.562. The number of carbonyl (C=O) groups is 1. The van der Waals surface area contributed by atoms with E-state index in [4.69, 9.17) is 14.6 Å². The maximum Gasteiger partial charge on any atom is 0.303 e. The average Bonchev–Trinajstić information content (AvgIpc) is 2.47. The van der Waals surface area contributed by atoms with Gasteiger partial charge in [-0.3, -0.25) is 4.79 Å². The summed E-state index contributed by atoms with van der Waals surface area (Å²) in [6, 6.07) is 6.60. The van der Waals surface area contributed by atoms with Crippen molar-refractivity contribution in [2.75, 3.05) is 20.0 Å². The van der Waals surface area contributed by atoms with E-state index >= 15 is 0 Å². The highest BCUT2D eigenvalue weighted by Crippen LogP contribution is 2.26. The van der Waals surface area contributed by atoms with Gasteiger partial charge in [0, 0.05) is 20.1 Å². The van der Waals surface area contributed by atoms with Crippen molar-refractivity contribution >= 4 is 15.8 Å². The summed E-state index contributed by atoms with van der Waals surface area (Å²) in [5.74, 6) is -2.20. The van der Waals surface area contributed by atoms with Crippen LogP contribution in [0.2, 0.25) is 0 Å². The van der Waals surface area contributed by atoms with E-state index in [0.717, 1.165) is 5.56 Å². The van der Waals surface area contributed by atoms with Gasteiger partial charge in [0.2, 0.25) is 0 Å². The molecule has 2 unspecified atom stereocenters. The number of aryl methyl sites for hydroxylation is 1. The van der Waals surface area contributed by atoms with Gasteiger partial charge >= 0.3 is 5.97 Å². The first-order valence-corrected chi connectivity index (χ1v) is 8.93. The normalized spacial score (nSPS) is 14.7. The van der Waals surface area contributed by atoms with E-state index in [1.807, 2.05) is 6.92 Å². The molecular weight excluding hydrogens is 320 g/mol. The number of carboxylic acid groups (broad SMARTS) is 1. The van der Waals surface area contributed by atoms with Gasteiger partial charge in [-0.1, -0.05) is 24.6 Å². The number of hydrogen-bond acceptors (Lipinski definition) is 5. The van der Waals surface area contributed by atoms with Crippen molar-refractivity contribution in [2.45, 2.75) is 31.5 Å². The van der Waals surface area contributed by atoms with Gasteiger partial charge in [-0.2, -0.15) is 0 Å². The van der Waals surface area contributed by atoms with Crippen LogP contribution in [0.4, 0.5) is 0 Å². The van der Waals surface area contributed by atoms with E-state index in [1.54, 1.807) is 31.2 Å². The topological polar surface area (TPSA) is 89.9 Å². The second kappa shape index (κ2) is 8.42. The van der Waals surface area contributed by atoms with Crippen LogP contribution in [-0.4, -0.2) is 45.8 Å². The molecule has 0 saturated heterocycles. The molecule has 0 aliphatic carbocycles. The number of hydrogen-bond donors (Lipinski definition) is 1. The van der Waals surface area contributed by atoms with E-state index in [1.165, 1.54) is 14.2 Å². The Hall–Kier alpha value is -1.44. The lowest BCUT2D eigenvalue weighted by molar-refractivity contribution is -0.161. The zero-order valence-electron chi connectivity index (χ0n) is 13.9. The zero-order chi connectivity index (χ0) is 17.6. The molecule has 23 heavy (non-hydrogen) atoms. The van der Waals surface area contributed by atoms with Crippen LogP contribution < -0.4 is 0 Å². The molecule has 0 amide bonds. The molecule has 0 saturated carbocycles. The molecule has 1 aromatic carbocycles. The molecule has 0 bridgehead atoms. The Morgan fingerprint density at radius 3 is 2.13 bits per heavy atom. The first kappa shape index (κ1) is 19.6. The Balaban J connectivity index is 2.97. The monoisotopic (exact) mass is 344 g/mol. The lowest BCUT2D eigenvalue weighted by atomic mass is 9.91. The summed E-state index contributed by atoms with van der Waals surface area (Å²) < 4.78 is 35.3. The number of benzene rings is 1. The van der Waals surface area contributed by atoms with Crippen LogP contribution in [0.5, 0.6) is 0 Å². The van der Waals surface area contributed by atoms with E-state index in [-0.39, 0.29) is 17.1 Å². The van der Waals surface area contributed by atoms with Crippen molar-refractivity contribution < 1.29 is 27.8 Å². The van der Waals surface area contributed by atoms with Crippen LogP contribution in [0, 0.1) is 18.8 Å². The number of rotatable bonds is 9. The molecule has 0 fully saturated rings. The standard InChI is InChI=1S/C16H24O6S/c1-11-5-7-13(8-6-11)23(19,20)10-12(2)14(9-15(17)18)16(21-3)22-4/h5-8,12,14,16H,9-10H2,1-4H3,(H,17,18). The number of methoxy groups -OCH3 is 2. The van der Waals surface area contributed by atoms with Gasteiger partial charge in [-0.25, -0.2) is 8.42 Å². The molecule has 2 atom stereocenters. The smallest absolute Gasteiger partial charge is 0.303 e. The molecule has 1 aromatic rings. The molecular formula is C16H24O6S. The maximum absolute atomic E-state index is 12.5. The minimum atomic E-state index is -3.51. The molecule has 1 N–H and O–H groups in total. The van der Waals surface area contributed by atoms with E-state index < -0.39 is 33.9 Å². The molecule has 7 heteroatoms. The summed E-state index contributed by atoms with van der Waals surface area (Å²) in [6.45, 7) is 3.58. The van der Waals surface area contributed by atoms with E-state index in [0.29, 0.717) is 0 Å². The quantitative estimate of drug-likeness (QED) is 0.690. The predicted octanol–water partition coefficient (Wildman–Crippen LogP) is 2.11. The van der Waals surface area contributed by atoms with Gasteiger partial charge in [0.05, 0.1) is 17.1 Å². The highest BCUT2D eigenvalue weighted by atomic mass is 32.2. The highest BCUT2D eigenvalue weighted by Gasteiger charge is 2.32. The Morgan fingerprint density at radius 2 is 1.70 bits per heavy atom. The first-order chi connectivity index (χ1) is 10.7. The third-order valence-corrected chi connectivity index (χ3v) is 5.77. The minimum absolute atomic E-state index is 0.169. The molecule has 6 nitrogen and oxygen atoms in total. The molecule has 0 heterocycles. The fourth-order valence-electron chi connectivity index (χ4n) is 2.52. The van der Waals surface area contributed by atoms with Gasteiger partial charge in [0.25, 0.3) is 0 Å². The van der Waals surface area contributed by atoms with Crippen LogP contribution in [0.3, 0.4) is 0 Å². The Morgan fingerprint density at radius 1 is 1.17 bits per heavy atom. The minimum Gasteiger partial charge on any atom is -0.481 e. The second-order valence-electron chi connectivity index (χ2n) is 5.67. The molecule has 0 radical (unpaired) electrons. The first-order valence-electron chi connectivity index (χ1n) is 7.28. The van der Waals surface area contributed by atoms with Crippen LogP contribution in [0.1, 0.15) is 18.9 Å². The fourth-order valence-corrected chi connectivity index (χ4v) is 4.21. The van der Waals surface area contributed by atoms with Crippen molar-refractivity contribution in [3.63, 3.8) is 0 Å². The Bertz CT molecular complexity index is 604. The van der Waals surface area contributed by atoms with Crippen molar-refractivity contribution in [3.8, 4) is 0 Å². The van der Waals surface area contributed by atoms with E-state index in [2.05, 4.69) is 0 Å². The van der Waals surface area contributed by atoms with Crippen molar-refractivity contribution in [1.82, 2.24) is 0 Å². The van der Waals surface area contributed by atoms with Gasteiger partial charge in [0.15, 0.2) is 16.1 Å². The molecule has 130 valence electrons. The summed E-state index contributed by atoms with van der Waals surface area (Å²) in [7, 11) is -0.697. The number of ether oxygens (including phenoxy) is 2. The SMILES string of the molecule is COC(OC)C(CC(=O)O)C(C)CS(=O)(=O)c1ccc(C)cc1. The Kier molecular flexibility index (Phi) is 7.18. The molecule has 0 spiro atoms. The third kappa shape index (κ3) is 5.60. The van der Waals surface area contributed by atoms with Crippen molar-refractivity contribution in [3.05, 3.63) is 29.8 Å². The maximum atomic E-state index is 12.5. The summed E-state index contributed by atoms with van der Waals surface area (Å²) in [4.78, 5) is 11.3. The molecule has 0 aliphatic rings. The van der Waals surface area contributed by atoms with Crippen LogP contribution in [0.25, 0.3) is 0 Å². The third-order valence-electron chi connectivity index (χ3n) is 3.82. The van der Waals surface area contributed by atoms with Crippen LogP contribution >= 0.6 is 0 Å². The molecule has 1 rings (SSSR count). The number of carboxylic acids is 1. The van der Waals surface area contributed by atoms with Crippen LogP contribution in [0.15, 0.2) is 29.2 Å². The van der Waals surface area contributed by atoms with Gasteiger partial charge in [-0.15, -0.1) is 0 Å². The summed E-state index contributed by atoms with van der Waals surface area (Å²) in [6.07, 6.45) is -0.994. The van der Waals surface area contributed by atoms with Crippen LogP contribution in [-0.2, 0) is 24.1 Å². The zero-order valence-corrected chi connectivity index (χ0v) is 14.7. The summed E-state index contributed by atoms with van der Waals surface area (Å²) in [5, 5.41) is 9.06. The van der Waals surface area contributed by atoms with E-state index in [9.17, 15) is 13.2 Å². The highest BCUT2D eigenvalue weighted by molar-refractivity contribution is 7.91. The molecule has 0 aliphatic heterocycles. The largest absolute Gasteiger partial charge is 0.481 e. The summed E-state index contributed by atoms with van der Waals surface area (Å²) in [5.41, 5.74) is 0.972. The number of aliphatic carboxylic acids is 1. The summed E-state index contributed by atoms with van der Waals surface area (Å²) >= 11 is 0. The lowest BCUT2D eigenvalue weighted by Crippen LogP contribution is -2.35.